The number of carboxylic acid groups (broad SMARTS) is 1. The van der Waals surface area contributed by atoms with Gasteiger partial charge >= 0.3 is 11.9 Å². The first-order valence-electron chi connectivity index (χ1n) is 5.77. The number of sulfonamides is 1. The summed E-state index contributed by atoms with van der Waals surface area (Å²) in [5.41, 5.74) is 0.0650. The minimum atomic E-state index is -4.01. The quantitative estimate of drug-likeness (QED) is 0.712. The van der Waals surface area contributed by atoms with Gasteiger partial charge in [-0.2, -0.15) is 4.72 Å². The van der Waals surface area contributed by atoms with Crippen molar-refractivity contribution in [1.29, 1.82) is 0 Å². The van der Waals surface area contributed by atoms with Crippen molar-refractivity contribution in [3.05, 3.63) is 18.0 Å². The largest absolute Gasteiger partial charge is 0.480 e. The second-order valence-corrected chi connectivity index (χ2v) is 5.79. The molecule has 0 aliphatic rings. The maximum Gasteiger partial charge on any atom is 0.354 e. The zero-order valence-electron chi connectivity index (χ0n) is 11.3. The van der Waals surface area contributed by atoms with Gasteiger partial charge in [-0.25, -0.2) is 13.2 Å². The van der Waals surface area contributed by atoms with Crippen LogP contribution in [0.5, 0.6) is 0 Å². The Morgan fingerprint density at radius 1 is 1.50 bits per heavy atom. The third-order valence-electron chi connectivity index (χ3n) is 2.48. The van der Waals surface area contributed by atoms with Gasteiger partial charge in [0.25, 0.3) is 0 Å². The second kappa shape index (κ2) is 6.06. The molecule has 0 unspecified atom stereocenters. The first-order valence-corrected chi connectivity index (χ1v) is 7.26. The highest BCUT2D eigenvalue weighted by atomic mass is 32.2. The van der Waals surface area contributed by atoms with Crippen LogP contribution in [0.15, 0.2) is 17.2 Å². The number of ether oxygens (including phenoxy) is 1. The smallest absolute Gasteiger partial charge is 0.354 e. The van der Waals surface area contributed by atoms with E-state index in [0.717, 1.165) is 6.07 Å². The molecular formula is C11H16N2O6S. The van der Waals surface area contributed by atoms with Gasteiger partial charge in [0.1, 0.15) is 16.6 Å². The minimum absolute atomic E-state index is 0.0650. The summed E-state index contributed by atoms with van der Waals surface area (Å²) >= 11 is 0. The van der Waals surface area contributed by atoms with E-state index in [1.165, 1.54) is 24.7 Å². The molecule has 0 spiro atoms. The standard InChI is InChI=1S/C11H16N2O6S/c1-4-19-11(16)9-5-8(6-13(9)3)20(17,18)12-7(2)10(14)15/h5-7,12H,4H2,1-3H3,(H,14,15)/t7-/m0/s1. The predicted octanol–water partition coefficient (Wildman–Crippen LogP) is -0.0468. The Morgan fingerprint density at radius 2 is 2.10 bits per heavy atom. The maximum absolute atomic E-state index is 12.0. The first-order chi connectivity index (χ1) is 9.19. The molecule has 8 nitrogen and oxygen atoms in total. The predicted molar refractivity (Wildman–Crippen MR) is 68.8 cm³/mol. The second-order valence-electron chi connectivity index (χ2n) is 4.07. The van der Waals surface area contributed by atoms with E-state index >= 15 is 0 Å². The van der Waals surface area contributed by atoms with Crippen molar-refractivity contribution in [2.75, 3.05) is 6.61 Å². The molecule has 20 heavy (non-hydrogen) atoms. The van der Waals surface area contributed by atoms with Crippen molar-refractivity contribution in [3.63, 3.8) is 0 Å². The van der Waals surface area contributed by atoms with Crippen LogP contribution in [0.2, 0.25) is 0 Å². The topological polar surface area (TPSA) is 115 Å². The summed E-state index contributed by atoms with van der Waals surface area (Å²) < 4.78 is 32.0. The van der Waals surface area contributed by atoms with Crippen molar-refractivity contribution < 1.29 is 27.9 Å². The molecule has 2 N–H and O–H groups in total. The highest BCUT2D eigenvalue weighted by Crippen LogP contribution is 2.14. The number of nitrogens with one attached hydrogen (secondary N) is 1. The molecule has 1 aromatic rings. The fourth-order valence-corrected chi connectivity index (χ4v) is 2.71. The fraction of sp³-hybridized carbons (Fsp3) is 0.455. The number of esters is 1. The minimum Gasteiger partial charge on any atom is -0.480 e. The Balaban J connectivity index is 3.06. The van der Waals surface area contributed by atoms with Crippen LogP contribution in [0.1, 0.15) is 24.3 Å². The Kier molecular flexibility index (Phi) is 4.90. The molecule has 112 valence electrons. The van der Waals surface area contributed by atoms with E-state index in [1.807, 2.05) is 4.72 Å². The molecule has 0 saturated heterocycles. The number of carboxylic acids is 1. The summed E-state index contributed by atoms with van der Waals surface area (Å²) in [6.07, 6.45) is 1.21. The van der Waals surface area contributed by atoms with Crippen molar-refractivity contribution in [2.24, 2.45) is 7.05 Å². The lowest BCUT2D eigenvalue weighted by atomic mass is 10.4. The number of carbonyl (C=O) groups is 2. The molecule has 0 aromatic carbocycles. The van der Waals surface area contributed by atoms with E-state index in [9.17, 15) is 18.0 Å². The molecule has 0 saturated carbocycles. The first kappa shape index (κ1) is 16.2. The van der Waals surface area contributed by atoms with E-state index in [2.05, 4.69) is 0 Å². The number of nitrogens with zero attached hydrogens (tertiary/aromatic N) is 1. The van der Waals surface area contributed by atoms with Gasteiger partial charge in [-0.3, -0.25) is 4.79 Å². The van der Waals surface area contributed by atoms with E-state index in [1.54, 1.807) is 6.92 Å². The summed E-state index contributed by atoms with van der Waals surface area (Å²) in [6.45, 7) is 3.00. The number of rotatable bonds is 6. The number of hydrogen-bond donors (Lipinski definition) is 2. The van der Waals surface area contributed by atoms with Gasteiger partial charge in [-0.1, -0.05) is 0 Å². The van der Waals surface area contributed by atoms with E-state index in [4.69, 9.17) is 9.84 Å². The van der Waals surface area contributed by atoms with Crippen LogP contribution >= 0.6 is 0 Å². The molecule has 0 amide bonds. The van der Waals surface area contributed by atoms with Gasteiger partial charge in [-0.15, -0.1) is 0 Å². The number of aliphatic carboxylic acids is 1. The zero-order valence-corrected chi connectivity index (χ0v) is 12.1. The van der Waals surface area contributed by atoms with Gasteiger partial charge in [0.2, 0.25) is 10.0 Å². The number of aryl methyl sites for hydroxylation is 1. The summed E-state index contributed by atoms with van der Waals surface area (Å²) in [6, 6.07) is -0.138. The van der Waals surface area contributed by atoms with Crippen LogP contribution in [-0.2, 0) is 26.6 Å². The monoisotopic (exact) mass is 304 g/mol. The van der Waals surface area contributed by atoms with Crippen molar-refractivity contribution in [1.82, 2.24) is 9.29 Å². The number of aromatic nitrogens is 1. The number of carbonyl (C=O) groups excluding carboxylic acids is 1. The maximum atomic E-state index is 12.0. The van der Waals surface area contributed by atoms with Crippen molar-refractivity contribution in [3.8, 4) is 0 Å². The molecule has 1 heterocycles. The van der Waals surface area contributed by atoms with E-state index in [-0.39, 0.29) is 17.2 Å². The van der Waals surface area contributed by atoms with Crippen LogP contribution in [0.25, 0.3) is 0 Å². The van der Waals surface area contributed by atoms with Crippen LogP contribution in [0.3, 0.4) is 0 Å². The Labute approximate surface area is 116 Å². The summed E-state index contributed by atoms with van der Waals surface area (Å²) in [5, 5.41) is 8.70. The van der Waals surface area contributed by atoms with E-state index < -0.39 is 28.0 Å². The Bertz CT molecular complexity index is 619. The molecule has 0 aliphatic carbocycles. The fourth-order valence-electron chi connectivity index (χ4n) is 1.44. The molecular weight excluding hydrogens is 288 g/mol. The zero-order chi connectivity index (χ0) is 15.5. The van der Waals surface area contributed by atoms with Gasteiger partial charge in [0.05, 0.1) is 6.61 Å². The molecule has 1 aromatic heterocycles. The van der Waals surface area contributed by atoms with Gasteiger partial charge in [0, 0.05) is 13.2 Å². The van der Waals surface area contributed by atoms with Crippen LogP contribution in [0, 0.1) is 0 Å². The molecule has 0 radical (unpaired) electrons. The van der Waals surface area contributed by atoms with Crippen LogP contribution in [0.4, 0.5) is 0 Å². The average molecular weight is 304 g/mol. The SMILES string of the molecule is CCOC(=O)c1cc(S(=O)(=O)N[C@@H](C)C(=O)O)cn1C. The highest BCUT2D eigenvalue weighted by molar-refractivity contribution is 7.89. The lowest BCUT2D eigenvalue weighted by molar-refractivity contribution is -0.138. The van der Waals surface area contributed by atoms with Crippen LogP contribution in [-0.4, -0.2) is 42.7 Å². The summed E-state index contributed by atoms with van der Waals surface area (Å²) in [7, 11) is -2.52. The van der Waals surface area contributed by atoms with Crippen molar-refractivity contribution in [2.45, 2.75) is 24.8 Å². The normalized spacial score (nSPS) is 12.9. The van der Waals surface area contributed by atoms with E-state index in [0.29, 0.717) is 0 Å². The van der Waals surface area contributed by atoms with Gasteiger partial charge < -0.3 is 14.4 Å². The van der Waals surface area contributed by atoms with Crippen molar-refractivity contribution >= 4 is 22.0 Å². The van der Waals surface area contributed by atoms with Gasteiger partial charge in [0.15, 0.2) is 0 Å². The lowest BCUT2D eigenvalue weighted by Crippen LogP contribution is -2.38. The lowest BCUT2D eigenvalue weighted by Gasteiger charge is -2.08. The number of hydrogen-bond acceptors (Lipinski definition) is 5. The van der Waals surface area contributed by atoms with Crippen LogP contribution < -0.4 is 4.72 Å². The van der Waals surface area contributed by atoms with Gasteiger partial charge in [-0.05, 0) is 19.9 Å². The summed E-state index contributed by atoms with van der Waals surface area (Å²) in [5.74, 6) is -1.95. The highest BCUT2D eigenvalue weighted by Gasteiger charge is 2.25. The Hall–Kier alpha value is -1.87. The molecule has 1 atom stereocenters. The third-order valence-corrected chi connectivity index (χ3v) is 3.98. The summed E-state index contributed by atoms with van der Waals surface area (Å²) in [4.78, 5) is 22.1. The molecule has 0 fully saturated rings. The molecule has 1 rings (SSSR count). The Morgan fingerprint density at radius 3 is 2.60 bits per heavy atom. The molecule has 0 aliphatic heterocycles. The molecule has 0 bridgehead atoms. The molecule has 9 heteroatoms. The third kappa shape index (κ3) is 3.58. The average Bonchev–Trinajstić information content (AvgIpc) is 2.71.